The topological polar surface area (TPSA) is 313 Å². The van der Waals surface area contributed by atoms with Gasteiger partial charge >= 0.3 is 0 Å². The summed E-state index contributed by atoms with van der Waals surface area (Å²) >= 11 is 0. The number of rotatable bonds is 40. The first kappa shape index (κ1) is 100. The molecule has 698 valence electrons. The Hall–Kier alpha value is -12.7. The van der Waals surface area contributed by atoms with Gasteiger partial charge in [0, 0.05) is 95.7 Å². The summed E-state index contributed by atoms with van der Waals surface area (Å²) in [5.41, 5.74) is 11.8. The summed E-state index contributed by atoms with van der Waals surface area (Å²) in [4.78, 5) is 49.2. The minimum Gasteiger partial charge on any atom is -0.497 e. The number of unbranched alkanes of at least 4 members (excludes halogenated alkanes) is 4. The molecule has 0 spiro atoms. The van der Waals surface area contributed by atoms with E-state index in [2.05, 4.69) is 131 Å². The number of nitrogens with zero attached hydrogens (tertiary/aromatic N) is 16. The number of hydrogen-bond donors (Lipinski definition) is 7. The van der Waals surface area contributed by atoms with E-state index in [1.54, 1.807) is 67.1 Å². The lowest BCUT2D eigenvalue weighted by atomic mass is 10.1. The number of nitrogens with one attached hydrogen (secondary N) is 5. The van der Waals surface area contributed by atoms with Crippen LogP contribution >= 0.6 is 13.5 Å². The highest BCUT2D eigenvalue weighted by Crippen LogP contribution is 2.36. The molecule has 0 aliphatic rings. The fourth-order valence-electron chi connectivity index (χ4n) is 15.5. The molecule has 1 unspecified atom stereocenters. The number of aryl methyl sites for hydroxylation is 5. The number of fused-ring (bicyclic) bond motifs is 5. The predicted molar refractivity (Wildman–Crippen MR) is 522 cm³/mol. The first-order chi connectivity index (χ1) is 63.1. The number of benzene rings is 4. The minimum atomic E-state index is -0.429. The van der Waals surface area contributed by atoms with Crippen LogP contribution in [0.1, 0.15) is 169 Å². The summed E-state index contributed by atoms with van der Waals surface area (Å²) in [7, 11) is 8.21. The number of ether oxygens (including phenoxy) is 5. The van der Waals surface area contributed by atoms with Gasteiger partial charge in [-0.05, 0) is 139 Å². The third kappa shape index (κ3) is 27.3. The number of methoxy groups -OCH3 is 5. The summed E-state index contributed by atoms with van der Waals surface area (Å²) < 4.78 is 80.4. The van der Waals surface area contributed by atoms with E-state index in [1.165, 1.54) is 18.6 Å². The van der Waals surface area contributed by atoms with Crippen molar-refractivity contribution in [2.75, 3.05) is 95.0 Å². The van der Waals surface area contributed by atoms with Crippen LogP contribution in [-0.4, -0.2) is 174 Å². The first-order valence-corrected chi connectivity index (χ1v) is 44.8. The number of hydrogen-bond acceptors (Lipinski definition) is 23. The van der Waals surface area contributed by atoms with Gasteiger partial charge in [-0.15, -0.1) is 0 Å². The van der Waals surface area contributed by atoms with Crippen molar-refractivity contribution < 1.29 is 47.1 Å². The van der Waals surface area contributed by atoms with Crippen molar-refractivity contribution in [2.24, 2.45) is 0 Å². The van der Waals surface area contributed by atoms with Crippen molar-refractivity contribution in [3.63, 3.8) is 0 Å². The summed E-state index contributed by atoms with van der Waals surface area (Å²) in [6.45, 7) is 24.9. The third-order valence-electron chi connectivity index (χ3n) is 21.9. The lowest BCUT2D eigenvalue weighted by Crippen LogP contribution is -2.25. The zero-order chi connectivity index (χ0) is 92.6. The maximum Gasteiger partial charge on any atom is 0.167 e. The number of aromatic nitrogens is 16. The molecule has 0 amide bonds. The molecule has 28 nitrogen and oxygen atoms in total. The highest BCUT2D eigenvalue weighted by Gasteiger charge is 2.25. The Kier molecular flexibility index (Phi) is 38.7. The quantitative estimate of drug-likeness (QED) is 0.0175. The van der Waals surface area contributed by atoms with Crippen LogP contribution in [0.3, 0.4) is 0 Å². The molecule has 4 aromatic carbocycles. The summed E-state index contributed by atoms with van der Waals surface area (Å²) in [6.07, 6.45) is 22.4. The molecule has 7 N–H and O–H groups in total. The van der Waals surface area contributed by atoms with Gasteiger partial charge in [0.15, 0.2) is 46.5 Å². The molecular weight excluding hydrogens is 1680 g/mol. The Bertz CT molecular complexity index is 6070. The Balaban J connectivity index is 0.000000170. The molecule has 15 rings (SSSR count). The van der Waals surface area contributed by atoms with Crippen LogP contribution in [0, 0.1) is 52.1 Å². The van der Waals surface area contributed by atoms with E-state index >= 15 is 0 Å². The van der Waals surface area contributed by atoms with Crippen LogP contribution < -0.4 is 45.5 Å². The van der Waals surface area contributed by atoms with E-state index in [0.717, 1.165) is 174 Å². The second kappa shape index (κ2) is 50.5. The zero-order valence-electron chi connectivity index (χ0n) is 78.1. The van der Waals surface area contributed by atoms with Gasteiger partial charge < -0.3 is 83.3 Å². The van der Waals surface area contributed by atoms with Crippen molar-refractivity contribution in [2.45, 2.75) is 197 Å². The molecule has 0 aliphatic carbocycles. The highest BCUT2D eigenvalue weighted by atomic mass is 32.1. The maximum absolute atomic E-state index is 14.8. The molecule has 131 heavy (non-hydrogen) atoms. The van der Waals surface area contributed by atoms with E-state index in [0.29, 0.717) is 114 Å². The summed E-state index contributed by atoms with van der Waals surface area (Å²) in [5, 5.41) is 36.2. The molecule has 0 aliphatic heterocycles. The number of pyridine rings is 1. The third-order valence-corrected chi connectivity index (χ3v) is 21.9. The zero-order valence-corrected chi connectivity index (χ0v) is 79.1. The van der Waals surface area contributed by atoms with E-state index in [9.17, 15) is 23.4 Å². The molecule has 0 bridgehead atoms. The van der Waals surface area contributed by atoms with E-state index in [4.69, 9.17) is 23.7 Å². The van der Waals surface area contributed by atoms with Gasteiger partial charge in [-0.25, -0.2) is 63.0 Å². The number of anilines is 5. The van der Waals surface area contributed by atoms with Crippen LogP contribution in [0.2, 0.25) is 0 Å². The highest BCUT2D eigenvalue weighted by molar-refractivity contribution is 7.59. The largest absolute Gasteiger partial charge is 0.497 e. The average Bonchev–Trinajstić information content (AvgIpc) is 1.66. The van der Waals surface area contributed by atoms with Crippen molar-refractivity contribution in [3.8, 4) is 23.0 Å². The van der Waals surface area contributed by atoms with Gasteiger partial charge in [0.25, 0.3) is 0 Å². The molecule has 11 heterocycles. The van der Waals surface area contributed by atoms with Gasteiger partial charge in [0.05, 0.1) is 77.4 Å². The van der Waals surface area contributed by atoms with Gasteiger partial charge in [0.1, 0.15) is 102 Å². The normalized spacial score (nSPS) is 11.8. The second-order valence-corrected chi connectivity index (χ2v) is 32.0. The van der Waals surface area contributed by atoms with Crippen LogP contribution in [0.4, 0.5) is 42.3 Å². The van der Waals surface area contributed by atoms with Gasteiger partial charge in [-0.2, -0.15) is 13.5 Å². The fraction of sp³-hybridized carbons (Fsp3) is 0.404. The second-order valence-electron chi connectivity index (χ2n) is 32.0. The van der Waals surface area contributed by atoms with Crippen LogP contribution in [-0.2, 0) is 37.5 Å². The smallest absolute Gasteiger partial charge is 0.167 e. The Labute approximate surface area is 772 Å². The SMILES string of the molecule is CCCCC(C)Nc1nc(C)nc2c(F)cn(Cc3ccccc3)c12.CCCCNc1nc(C)nc2ccn(Cc3ncccc3OC)c12.CCCC[C@@H](CCO)Nc1nc(C)nc2c(F)cn(Cc3ccccc3)c12.CCCC[C@@H](CO)Nc1nc(C)nc2c(F)cn(Cc3c(OC)cccc3OC)c12.COCCNc1nc(C)nc2ccn(Cc3cccc(OC)c3)c12.S. The van der Waals surface area contributed by atoms with Gasteiger partial charge in [-0.3, -0.25) is 4.98 Å². The molecule has 11 aromatic heterocycles. The molecule has 3 atom stereocenters. The van der Waals surface area contributed by atoms with Crippen LogP contribution in [0.5, 0.6) is 23.0 Å². The van der Waals surface area contributed by atoms with Crippen LogP contribution in [0.25, 0.3) is 55.2 Å². The molecule has 15 aromatic rings. The summed E-state index contributed by atoms with van der Waals surface area (Å²) in [6, 6.07) is 41.6. The molecule has 0 saturated heterocycles. The molecule has 32 heteroatoms. The van der Waals surface area contributed by atoms with Crippen LogP contribution in [0.15, 0.2) is 165 Å². The Morgan fingerprint density at radius 3 is 1.31 bits per heavy atom. The fourth-order valence-corrected chi connectivity index (χ4v) is 15.5. The average molecular weight is 1810 g/mol. The molecule has 0 fully saturated rings. The van der Waals surface area contributed by atoms with Gasteiger partial charge in [-0.1, -0.05) is 152 Å². The minimum absolute atomic E-state index is 0. The lowest BCUT2D eigenvalue weighted by Gasteiger charge is -2.20. The molecule has 0 saturated carbocycles. The lowest BCUT2D eigenvalue weighted by molar-refractivity contribution is 0.210. The Morgan fingerprint density at radius 2 is 0.824 bits per heavy atom. The predicted octanol–water partition coefficient (Wildman–Crippen LogP) is 19.5. The standard InChI is InChI=1S/C22H29FN4O3.C21H27FN4O.C20H25FN4.C18H23N5O.C18H22N4O2.H2S/c1-5-6-8-15(13-28)26-22-21-20(24-14(2)25-22)17(23)12-27(21)11-16-18(29-3)9-7-10-19(16)30-4;1-3-4-10-17(11-12-27)25-21-20-19(23-15(2)24-21)18(22)14-26(20)13-16-8-6-5-7-9-16;1-4-5-9-14(2)22-20-19-18(23-15(3)24-20)17(21)13-25(19)12-16-10-7-6-8-11-16;1-4-5-9-20-18-17-14(21-13(2)22-18)8-11-23(17)12-15-16(24-3)7-6-10-19-15;1-13-20-16-7-9-22(12-14-5-4-6-15(11-14)24-3)17(16)18(21-13)19-8-10-23-2;/h7,9-10,12,15,28H,5-6,8,11,13H2,1-4H3,(H,24,25,26);5-9,14,17,27H,3-4,10-13H2,1-2H3,(H,23,24,25);6-8,10-11,13-14H,4-5,9,12H2,1-3H3,(H,22,23,24);6-8,10-11H,4-5,9,12H2,1-3H3,(H,20,21,22);4-7,9,11H,8,10,12H2,1-3H3,(H,19,20,21);1H2/t15-;17-;;;;/m00..../s1. The van der Waals surface area contributed by atoms with Crippen molar-refractivity contribution in [1.29, 1.82) is 0 Å². The van der Waals surface area contributed by atoms with E-state index in [1.807, 2.05) is 157 Å². The molecular formula is C99H128F3N21O7S. The number of aliphatic hydroxyl groups excluding tert-OH is 2. The number of aliphatic hydroxyl groups is 2. The van der Waals surface area contributed by atoms with E-state index < -0.39 is 5.82 Å². The van der Waals surface area contributed by atoms with Crippen molar-refractivity contribution in [3.05, 3.63) is 239 Å². The maximum atomic E-state index is 14.8. The van der Waals surface area contributed by atoms with Gasteiger partial charge in [0.2, 0.25) is 0 Å². The Morgan fingerprint density at radius 1 is 0.397 bits per heavy atom. The van der Waals surface area contributed by atoms with Crippen molar-refractivity contribution >= 4 is 97.8 Å². The van der Waals surface area contributed by atoms with Crippen molar-refractivity contribution in [1.82, 2.24) is 77.7 Å². The monoisotopic (exact) mass is 1810 g/mol. The number of halogens is 3. The van der Waals surface area contributed by atoms with E-state index in [-0.39, 0.29) is 62.0 Å². The summed E-state index contributed by atoms with van der Waals surface area (Å²) in [5.74, 6) is 8.52. The first-order valence-electron chi connectivity index (χ1n) is 44.8. The molecule has 0 radical (unpaired) electrons.